The van der Waals surface area contributed by atoms with Gasteiger partial charge in [0.25, 0.3) is 0 Å². The molecule has 2 atom stereocenters. The zero-order valence-electron chi connectivity index (χ0n) is 13.1. The van der Waals surface area contributed by atoms with E-state index >= 15 is 0 Å². The minimum absolute atomic E-state index is 0.158. The van der Waals surface area contributed by atoms with Gasteiger partial charge in [-0.25, -0.2) is 8.42 Å². The Balaban J connectivity index is 2.03. The van der Waals surface area contributed by atoms with E-state index in [1.807, 2.05) is 37.3 Å². The predicted octanol–water partition coefficient (Wildman–Crippen LogP) is 2.88. The molecule has 0 radical (unpaired) electrons. The fraction of sp³-hybridized carbons (Fsp3) is 0.333. The number of hydrogen-bond acceptors (Lipinski definition) is 3. The molecule has 1 aliphatic rings. The molecule has 5 heteroatoms. The van der Waals surface area contributed by atoms with Crippen LogP contribution in [0.25, 0.3) is 0 Å². The molecule has 4 nitrogen and oxygen atoms in total. The van der Waals surface area contributed by atoms with Crippen LogP contribution >= 0.6 is 0 Å². The Kier molecular flexibility index (Phi) is 4.53. The maximum absolute atomic E-state index is 13.1. The molecule has 0 unspecified atom stereocenters. The molecule has 0 aliphatic carbocycles. The first-order valence-corrected chi connectivity index (χ1v) is 9.24. The van der Waals surface area contributed by atoms with E-state index in [0.29, 0.717) is 6.42 Å². The van der Waals surface area contributed by atoms with E-state index in [1.165, 1.54) is 4.31 Å². The lowest BCUT2D eigenvalue weighted by molar-refractivity contribution is 0.197. The molecule has 0 spiro atoms. The summed E-state index contributed by atoms with van der Waals surface area (Å²) in [4.78, 5) is 0.282. The van der Waals surface area contributed by atoms with Gasteiger partial charge in [0.05, 0.1) is 17.5 Å². The summed E-state index contributed by atoms with van der Waals surface area (Å²) in [6, 6.07) is 15.9. The van der Waals surface area contributed by atoms with Crippen molar-refractivity contribution >= 4 is 10.0 Å². The highest BCUT2D eigenvalue weighted by Crippen LogP contribution is 2.40. The van der Waals surface area contributed by atoms with Crippen LogP contribution in [0.5, 0.6) is 0 Å². The van der Waals surface area contributed by atoms with E-state index in [2.05, 4.69) is 0 Å². The number of nitrogens with zero attached hydrogens (tertiary/aromatic N) is 1. The summed E-state index contributed by atoms with van der Waals surface area (Å²) in [6.07, 6.45) is 1.39. The summed E-state index contributed by atoms with van der Waals surface area (Å²) in [5, 5.41) is 9.65. The van der Waals surface area contributed by atoms with Gasteiger partial charge in [0.2, 0.25) is 10.0 Å². The monoisotopic (exact) mass is 331 g/mol. The Morgan fingerprint density at radius 1 is 1.04 bits per heavy atom. The van der Waals surface area contributed by atoms with Crippen LogP contribution in [0, 0.1) is 6.92 Å². The molecule has 1 fully saturated rings. The maximum atomic E-state index is 13.1. The topological polar surface area (TPSA) is 57.6 Å². The summed E-state index contributed by atoms with van der Waals surface area (Å²) >= 11 is 0. The molecule has 1 saturated heterocycles. The van der Waals surface area contributed by atoms with Gasteiger partial charge in [-0.1, -0.05) is 48.0 Å². The lowest BCUT2D eigenvalue weighted by Crippen LogP contribution is -2.39. The molecular formula is C18H21NO3S. The first kappa shape index (κ1) is 16.2. The van der Waals surface area contributed by atoms with Gasteiger partial charge >= 0.3 is 0 Å². The van der Waals surface area contributed by atoms with Gasteiger partial charge in [0.15, 0.2) is 0 Å². The Labute approximate surface area is 137 Å². The summed E-state index contributed by atoms with van der Waals surface area (Å²) in [6.45, 7) is 1.77. The van der Waals surface area contributed by atoms with E-state index in [4.69, 9.17) is 0 Å². The SMILES string of the molecule is Cc1ccc(S(=O)(=O)N2[C@@H](CO)CC[C@H]2c2ccccc2)cc1. The average molecular weight is 331 g/mol. The van der Waals surface area contributed by atoms with E-state index in [0.717, 1.165) is 17.5 Å². The summed E-state index contributed by atoms with van der Waals surface area (Å²) < 4.78 is 27.7. The van der Waals surface area contributed by atoms with Crippen molar-refractivity contribution in [2.75, 3.05) is 6.61 Å². The van der Waals surface area contributed by atoms with E-state index in [9.17, 15) is 13.5 Å². The minimum atomic E-state index is -3.64. The van der Waals surface area contributed by atoms with Crippen LogP contribution in [-0.2, 0) is 10.0 Å². The normalized spacial score (nSPS) is 22.3. The number of aryl methyl sites for hydroxylation is 1. The number of rotatable bonds is 4. The Morgan fingerprint density at radius 3 is 2.30 bits per heavy atom. The first-order valence-electron chi connectivity index (χ1n) is 7.80. The molecule has 0 amide bonds. The van der Waals surface area contributed by atoms with Crippen molar-refractivity contribution in [1.82, 2.24) is 4.31 Å². The molecule has 23 heavy (non-hydrogen) atoms. The quantitative estimate of drug-likeness (QED) is 0.937. The van der Waals surface area contributed by atoms with Gasteiger partial charge in [0, 0.05) is 6.04 Å². The van der Waals surface area contributed by atoms with E-state index in [1.54, 1.807) is 24.3 Å². The predicted molar refractivity (Wildman–Crippen MR) is 89.5 cm³/mol. The molecule has 0 saturated carbocycles. The smallest absolute Gasteiger partial charge is 0.243 e. The second-order valence-corrected chi connectivity index (χ2v) is 7.83. The fourth-order valence-electron chi connectivity index (χ4n) is 3.22. The molecule has 1 aliphatic heterocycles. The van der Waals surface area contributed by atoms with Crippen molar-refractivity contribution in [3.05, 3.63) is 65.7 Å². The molecule has 2 aromatic carbocycles. The molecule has 0 aromatic heterocycles. The summed E-state index contributed by atoms with van der Waals surface area (Å²) in [5.41, 5.74) is 1.99. The number of hydrogen-bond donors (Lipinski definition) is 1. The van der Waals surface area contributed by atoms with Gasteiger partial charge in [-0.05, 0) is 37.5 Å². The Bertz CT molecular complexity index is 757. The molecule has 1 heterocycles. The standard InChI is InChI=1S/C18H21NO3S/c1-14-7-10-17(11-8-14)23(21,22)19-16(13-20)9-12-18(19)15-5-3-2-4-6-15/h2-8,10-11,16,18,20H,9,12-13H2,1H3/t16-,18+/m1/s1. The van der Waals surface area contributed by atoms with Crippen molar-refractivity contribution in [1.29, 1.82) is 0 Å². The van der Waals surface area contributed by atoms with E-state index in [-0.39, 0.29) is 23.6 Å². The van der Waals surface area contributed by atoms with Gasteiger partial charge in [-0.15, -0.1) is 0 Å². The third-order valence-electron chi connectivity index (χ3n) is 4.43. The number of sulfonamides is 1. The zero-order valence-corrected chi connectivity index (χ0v) is 13.9. The van der Waals surface area contributed by atoms with Crippen molar-refractivity contribution in [3.63, 3.8) is 0 Å². The molecular weight excluding hydrogens is 310 g/mol. The molecule has 3 rings (SSSR count). The Morgan fingerprint density at radius 2 is 1.70 bits per heavy atom. The van der Waals surface area contributed by atoms with Crippen LogP contribution in [0.15, 0.2) is 59.5 Å². The summed E-state index contributed by atoms with van der Waals surface area (Å²) in [5.74, 6) is 0. The lowest BCUT2D eigenvalue weighted by atomic mass is 10.1. The molecule has 1 N–H and O–H groups in total. The highest BCUT2D eigenvalue weighted by Gasteiger charge is 2.42. The van der Waals surface area contributed by atoms with Crippen molar-refractivity contribution in [2.24, 2.45) is 0 Å². The second kappa shape index (κ2) is 6.43. The largest absolute Gasteiger partial charge is 0.395 e. The van der Waals surface area contributed by atoms with E-state index < -0.39 is 10.0 Å². The van der Waals surface area contributed by atoms with Gasteiger partial charge < -0.3 is 5.11 Å². The van der Waals surface area contributed by atoms with Crippen LogP contribution in [-0.4, -0.2) is 30.5 Å². The third-order valence-corrected chi connectivity index (χ3v) is 6.41. The maximum Gasteiger partial charge on any atom is 0.243 e. The Hall–Kier alpha value is -1.69. The minimum Gasteiger partial charge on any atom is -0.395 e. The average Bonchev–Trinajstić information content (AvgIpc) is 3.01. The number of benzene rings is 2. The first-order chi connectivity index (χ1) is 11.0. The highest BCUT2D eigenvalue weighted by atomic mass is 32.2. The van der Waals surface area contributed by atoms with Crippen LogP contribution in [0.3, 0.4) is 0 Å². The van der Waals surface area contributed by atoms with Crippen LogP contribution < -0.4 is 0 Å². The van der Waals surface area contributed by atoms with Gasteiger partial charge in [-0.3, -0.25) is 0 Å². The van der Waals surface area contributed by atoms with Crippen LogP contribution in [0.1, 0.15) is 30.0 Å². The second-order valence-electron chi connectivity index (χ2n) is 5.99. The lowest BCUT2D eigenvalue weighted by Gasteiger charge is -2.29. The zero-order chi connectivity index (χ0) is 16.4. The fourth-order valence-corrected chi connectivity index (χ4v) is 5.07. The van der Waals surface area contributed by atoms with Crippen molar-refractivity contribution < 1.29 is 13.5 Å². The molecule has 2 aromatic rings. The third kappa shape index (κ3) is 3.04. The van der Waals surface area contributed by atoms with Gasteiger partial charge in [-0.2, -0.15) is 4.31 Å². The molecule has 0 bridgehead atoms. The summed E-state index contributed by atoms with van der Waals surface area (Å²) in [7, 11) is -3.64. The van der Waals surface area contributed by atoms with Crippen LogP contribution in [0.2, 0.25) is 0 Å². The van der Waals surface area contributed by atoms with Crippen molar-refractivity contribution in [3.8, 4) is 0 Å². The van der Waals surface area contributed by atoms with Gasteiger partial charge in [0.1, 0.15) is 0 Å². The van der Waals surface area contributed by atoms with Crippen LogP contribution in [0.4, 0.5) is 0 Å². The number of aliphatic hydroxyl groups is 1. The number of aliphatic hydroxyl groups excluding tert-OH is 1. The highest BCUT2D eigenvalue weighted by molar-refractivity contribution is 7.89. The van der Waals surface area contributed by atoms with Crippen molar-refractivity contribution in [2.45, 2.75) is 36.7 Å². The molecule has 122 valence electrons.